The summed E-state index contributed by atoms with van der Waals surface area (Å²) in [5.74, 6) is 0.698. The van der Waals surface area contributed by atoms with Crippen LogP contribution >= 0.6 is 11.6 Å². The number of hydrogen-bond donors (Lipinski definition) is 2. The van der Waals surface area contributed by atoms with Gasteiger partial charge in [0.05, 0.1) is 41.8 Å². The zero-order valence-electron chi connectivity index (χ0n) is 23.9. The van der Waals surface area contributed by atoms with Crippen LogP contribution in [0, 0.1) is 5.82 Å². The monoisotopic (exact) mass is 595 g/mol. The average molecular weight is 596 g/mol. The highest BCUT2D eigenvalue weighted by atomic mass is 35.5. The highest BCUT2D eigenvalue weighted by Crippen LogP contribution is 2.41. The van der Waals surface area contributed by atoms with E-state index >= 15 is 0 Å². The Bertz CT molecular complexity index is 1450. The Morgan fingerprint density at radius 3 is 2.69 bits per heavy atom. The third-order valence-electron chi connectivity index (χ3n) is 7.68. The lowest BCUT2D eigenvalue weighted by atomic mass is 10.0. The molecule has 10 nitrogen and oxygen atoms in total. The number of benzene rings is 2. The number of halogens is 2. The van der Waals surface area contributed by atoms with Crippen LogP contribution in [0.4, 0.5) is 33.1 Å². The van der Waals surface area contributed by atoms with Crippen molar-refractivity contribution in [2.75, 3.05) is 61.5 Å². The molecule has 2 fully saturated rings. The number of nitrogens with zero attached hydrogens (tertiary/aromatic N) is 5. The molecule has 3 aromatic rings. The topological polar surface area (TPSA) is 95.1 Å². The minimum Gasteiger partial charge on any atom is -0.494 e. The van der Waals surface area contributed by atoms with E-state index in [1.165, 1.54) is 18.5 Å². The second kappa shape index (κ2) is 12.9. The number of piperidine rings is 1. The molecule has 1 aromatic heterocycles. The van der Waals surface area contributed by atoms with Crippen molar-refractivity contribution in [2.45, 2.75) is 31.3 Å². The minimum absolute atomic E-state index is 0.0568. The van der Waals surface area contributed by atoms with Gasteiger partial charge in [-0.05, 0) is 45.1 Å². The molecule has 0 radical (unpaired) electrons. The summed E-state index contributed by atoms with van der Waals surface area (Å²) in [5.41, 5.74) is 2.51. The summed E-state index contributed by atoms with van der Waals surface area (Å²) >= 11 is 6.04. The van der Waals surface area contributed by atoms with Crippen LogP contribution in [0.2, 0.25) is 5.02 Å². The number of methoxy groups -OCH3 is 1. The molecule has 2 aliphatic heterocycles. The van der Waals surface area contributed by atoms with Gasteiger partial charge >= 0.3 is 0 Å². The molecular weight excluding hydrogens is 561 g/mol. The summed E-state index contributed by atoms with van der Waals surface area (Å²) in [6, 6.07) is 10.5. The maximum Gasteiger partial charge on any atom is 0.247 e. The predicted molar refractivity (Wildman–Crippen MR) is 163 cm³/mol. The van der Waals surface area contributed by atoms with Crippen LogP contribution < -0.4 is 25.3 Å². The lowest BCUT2D eigenvalue weighted by molar-refractivity contribution is -0.111. The van der Waals surface area contributed by atoms with E-state index in [2.05, 4.69) is 51.1 Å². The number of hydroxylamine groups is 1. The fourth-order valence-corrected chi connectivity index (χ4v) is 5.62. The second-order valence-corrected chi connectivity index (χ2v) is 10.8. The number of nitrogens with one attached hydrogen (secondary N) is 2. The molecule has 1 atom stereocenters. The number of amides is 1. The summed E-state index contributed by atoms with van der Waals surface area (Å²) in [4.78, 5) is 31.5. The highest BCUT2D eigenvalue weighted by Gasteiger charge is 2.32. The van der Waals surface area contributed by atoms with Crippen LogP contribution in [0.25, 0.3) is 0 Å². The zero-order valence-corrected chi connectivity index (χ0v) is 24.7. The Morgan fingerprint density at radius 1 is 1.19 bits per heavy atom. The number of ether oxygens (including phenoxy) is 1. The molecule has 5 rings (SSSR count). The van der Waals surface area contributed by atoms with Crippen molar-refractivity contribution >= 4 is 46.2 Å². The molecule has 1 amide bonds. The first-order chi connectivity index (χ1) is 20.3. The largest absolute Gasteiger partial charge is 0.494 e. The van der Waals surface area contributed by atoms with Gasteiger partial charge in [0.25, 0.3) is 0 Å². The SMILES string of the molecule is C=CC(=O)Nc1cc(Nc2cc(N3OCC[C@@H]3c3cccc(Cl)c3F)ncn2)c(OC)cc1N1CCC(N(C)C)CC1. The zero-order chi connectivity index (χ0) is 29.8. The second-order valence-electron chi connectivity index (χ2n) is 10.4. The van der Waals surface area contributed by atoms with E-state index in [0.717, 1.165) is 31.6 Å². The molecule has 2 N–H and O–H groups in total. The lowest BCUT2D eigenvalue weighted by Gasteiger charge is -2.37. The first kappa shape index (κ1) is 29.6. The molecule has 222 valence electrons. The first-order valence-electron chi connectivity index (χ1n) is 13.8. The van der Waals surface area contributed by atoms with Crippen molar-refractivity contribution in [3.05, 3.63) is 71.8 Å². The predicted octanol–water partition coefficient (Wildman–Crippen LogP) is 5.56. The van der Waals surface area contributed by atoms with Gasteiger partial charge in [-0.2, -0.15) is 0 Å². The number of aromatic nitrogens is 2. The molecule has 2 aromatic carbocycles. The molecule has 0 unspecified atom stereocenters. The van der Waals surface area contributed by atoms with E-state index in [0.29, 0.717) is 53.4 Å². The van der Waals surface area contributed by atoms with Gasteiger partial charge in [-0.3, -0.25) is 9.63 Å². The molecular formula is C30H35ClFN7O3. The molecule has 0 aliphatic carbocycles. The van der Waals surface area contributed by atoms with E-state index in [-0.39, 0.29) is 10.9 Å². The normalized spacial score (nSPS) is 17.4. The third kappa shape index (κ3) is 6.28. The highest BCUT2D eigenvalue weighted by molar-refractivity contribution is 6.30. The fraction of sp³-hybridized carbons (Fsp3) is 0.367. The Balaban J connectivity index is 1.43. The van der Waals surface area contributed by atoms with Crippen LogP contribution in [0.5, 0.6) is 5.75 Å². The number of carbonyl (C=O) groups is 1. The van der Waals surface area contributed by atoms with Crippen molar-refractivity contribution in [1.82, 2.24) is 14.9 Å². The summed E-state index contributed by atoms with van der Waals surface area (Å²) in [5, 5.41) is 7.87. The van der Waals surface area contributed by atoms with Crippen molar-refractivity contribution in [1.29, 1.82) is 0 Å². The van der Waals surface area contributed by atoms with Gasteiger partial charge < -0.3 is 25.2 Å². The van der Waals surface area contributed by atoms with Crippen LogP contribution in [0.1, 0.15) is 30.9 Å². The fourth-order valence-electron chi connectivity index (χ4n) is 5.43. The summed E-state index contributed by atoms with van der Waals surface area (Å²) in [6.07, 6.45) is 5.22. The standard InChI is InChI=1S/C30H35ClFN7O3/c1-5-29(40)36-22-15-23(26(41-4)16-25(22)38-12-9-19(10-13-38)37(2)3)35-27-17-28(34-18-33-27)39-24(11-14-42-39)20-7-6-8-21(31)30(20)32/h5-8,15-19,24H,1,9-14H2,2-4H3,(H,36,40)(H,33,34,35)/t24-/m1/s1. The van der Waals surface area contributed by atoms with Gasteiger partial charge in [-0.1, -0.05) is 30.3 Å². The van der Waals surface area contributed by atoms with Crippen LogP contribution in [0.15, 0.2) is 55.4 Å². The van der Waals surface area contributed by atoms with Crippen LogP contribution in [-0.4, -0.2) is 67.7 Å². The minimum atomic E-state index is -0.475. The number of anilines is 5. The van der Waals surface area contributed by atoms with Gasteiger partial charge in [0, 0.05) is 43.2 Å². The molecule has 42 heavy (non-hydrogen) atoms. The van der Waals surface area contributed by atoms with E-state index < -0.39 is 11.9 Å². The first-order valence-corrected chi connectivity index (χ1v) is 14.2. The number of hydrogen-bond acceptors (Lipinski definition) is 9. The Labute approximate surface area is 250 Å². The molecule has 12 heteroatoms. The van der Waals surface area contributed by atoms with E-state index in [9.17, 15) is 9.18 Å². The van der Waals surface area contributed by atoms with E-state index in [4.69, 9.17) is 21.2 Å². The van der Waals surface area contributed by atoms with Crippen molar-refractivity contribution in [2.24, 2.45) is 0 Å². The Kier molecular flexibility index (Phi) is 9.10. The van der Waals surface area contributed by atoms with Crippen molar-refractivity contribution in [3.8, 4) is 5.75 Å². The quantitative estimate of drug-likeness (QED) is 0.308. The van der Waals surface area contributed by atoms with Gasteiger partial charge in [0.2, 0.25) is 5.91 Å². The molecule has 0 saturated carbocycles. The Morgan fingerprint density at radius 2 is 1.98 bits per heavy atom. The summed E-state index contributed by atoms with van der Waals surface area (Å²) in [7, 11) is 5.80. The molecule has 2 saturated heterocycles. The number of carbonyl (C=O) groups excluding carboxylic acids is 1. The molecule has 0 bridgehead atoms. The summed E-state index contributed by atoms with van der Waals surface area (Å²) < 4.78 is 20.6. The smallest absolute Gasteiger partial charge is 0.247 e. The molecule has 3 heterocycles. The Hall–Kier alpha value is -3.93. The maximum absolute atomic E-state index is 14.9. The van der Waals surface area contributed by atoms with Crippen LogP contribution in [0.3, 0.4) is 0 Å². The van der Waals surface area contributed by atoms with E-state index in [1.807, 2.05) is 12.1 Å². The maximum atomic E-state index is 14.9. The van der Waals surface area contributed by atoms with Gasteiger partial charge in [-0.15, -0.1) is 0 Å². The van der Waals surface area contributed by atoms with Gasteiger partial charge in [0.15, 0.2) is 5.82 Å². The van der Waals surface area contributed by atoms with Gasteiger partial charge in [-0.25, -0.2) is 19.4 Å². The molecule has 0 spiro atoms. The van der Waals surface area contributed by atoms with Crippen molar-refractivity contribution in [3.63, 3.8) is 0 Å². The van der Waals surface area contributed by atoms with Crippen molar-refractivity contribution < 1.29 is 18.8 Å². The molecule has 2 aliphatic rings. The number of rotatable bonds is 9. The summed E-state index contributed by atoms with van der Waals surface area (Å²) in [6.45, 7) is 5.69. The average Bonchev–Trinajstić information content (AvgIpc) is 3.49. The van der Waals surface area contributed by atoms with Crippen LogP contribution in [-0.2, 0) is 9.63 Å². The third-order valence-corrected chi connectivity index (χ3v) is 7.97. The van der Waals surface area contributed by atoms with Gasteiger partial charge in [0.1, 0.15) is 23.7 Å². The van der Waals surface area contributed by atoms with E-state index in [1.54, 1.807) is 30.4 Å². The lowest BCUT2D eigenvalue weighted by Crippen LogP contribution is -2.42.